The third kappa shape index (κ3) is 2.89. The third-order valence-electron chi connectivity index (χ3n) is 2.75. The number of imidazole rings is 1. The maximum absolute atomic E-state index is 10.7. The molecule has 0 saturated heterocycles. The number of hydrogen-bond donors (Lipinski definition) is 1. The van der Waals surface area contributed by atoms with Gasteiger partial charge in [0.2, 0.25) is 5.69 Å². The van der Waals surface area contributed by atoms with Crippen molar-refractivity contribution in [1.82, 2.24) is 14.5 Å². The van der Waals surface area contributed by atoms with Crippen molar-refractivity contribution < 1.29 is 4.92 Å². The predicted molar refractivity (Wildman–Crippen MR) is 71.0 cm³/mol. The third-order valence-corrected chi connectivity index (χ3v) is 2.75. The summed E-state index contributed by atoms with van der Waals surface area (Å²) < 4.78 is 1.91. The van der Waals surface area contributed by atoms with E-state index >= 15 is 0 Å². The first kappa shape index (κ1) is 13.5. The van der Waals surface area contributed by atoms with E-state index < -0.39 is 4.92 Å². The van der Waals surface area contributed by atoms with Crippen molar-refractivity contribution in [2.24, 2.45) is 7.05 Å². The zero-order chi connectivity index (χ0) is 14.5. The highest BCUT2D eigenvalue weighted by atomic mass is 16.6. The molecule has 0 amide bonds. The molecule has 0 atom stereocenters. The van der Waals surface area contributed by atoms with E-state index in [1.54, 1.807) is 12.3 Å². The van der Waals surface area contributed by atoms with Crippen molar-refractivity contribution >= 4 is 11.5 Å². The Kier molecular flexibility index (Phi) is 3.91. The van der Waals surface area contributed by atoms with Crippen LogP contribution < -0.4 is 5.32 Å². The standard InChI is InChI=1S/C12H12N6O2/c1-17-7-6-15-12(17)4-5-14-11-3-2-10(18(19)20)9(8-13)16-11/h2-3,6-7H,4-5H2,1H3,(H,14,16). The van der Waals surface area contributed by atoms with E-state index in [0.29, 0.717) is 18.8 Å². The smallest absolute Gasteiger partial charge is 0.305 e. The van der Waals surface area contributed by atoms with E-state index in [2.05, 4.69) is 15.3 Å². The largest absolute Gasteiger partial charge is 0.370 e. The molecule has 0 aliphatic rings. The molecule has 0 aliphatic heterocycles. The summed E-state index contributed by atoms with van der Waals surface area (Å²) in [5.74, 6) is 1.35. The second kappa shape index (κ2) is 5.79. The quantitative estimate of drug-likeness (QED) is 0.648. The van der Waals surface area contributed by atoms with Crippen LogP contribution in [0.15, 0.2) is 24.5 Å². The monoisotopic (exact) mass is 272 g/mol. The van der Waals surface area contributed by atoms with E-state index in [1.165, 1.54) is 12.1 Å². The highest BCUT2D eigenvalue weighted by molar-refractivity contribution is 5.50. The number of hydrogen-bond acceptors (Lipinski definition) is 6. The summed E-state index contributed by atoms with van der Waals surface area (Å²) in [7, 11) is 1.90. The Bertz CT molecular complexity index is 673. The molecule has 0 aromatic carbocycles. The van der Waals surface area contributed by atoms with Gasteiger partial charge in [0.05, 0.1) is 4.92 Å². The average molecular weight is 272 g/mol. The molecule has 0 unspecified atom stereocenters. The van der Waals surface area contributed by atoms with Crippen LogP contribution in [-0.4, -0.2) is 26.0 Å². The summed E-state index contributed by atoms with van der Waals surface area (Å²) >= 11 is 0. The minimum Gasteiger partial charge on any atom is -0.370 e. The number of nitro groups is 1. The van der Waals surface area contributed by atoms with Gasteiger partial charge in [0, 0.05) is 38.5 Å². The normalized spacial score (nSPS) is 10.0. The predicted octanol–water partition coefficient (Wildman–Crippen LogP) is 1.25. The summed E-state index contributed by atoms with van der Waals surface area (Å²) in [5.41, 5.74) is -0.487. The molecule has 8 nitrogen and oxygen atoms in total. The van der Waals surface area contributed by atoms with Gasteiger partial charge < -0.3 is 9.88 Å². The van der Waals surface area contributed by atoms with Gasteiger partial charge in [0.15, 0.2) is 0 Å². The molecule has 0 bridgehead atoms. The summed E-state index contributed by atoms with van der Waals surface area (Å²) in [6.45, 7) is 0.570. The fourth-order valence-electron chi connectivity index (χ4n) is 1.72. The van der Waals surface area contributed by atoms with E-state index in [9.17, 15) is 10.1 Å². The molecule has 20 heavy (non-hydrogen) atoms. The first-order chi connectivity index (χ1) is 9.61. The van der Waals surface area contributed by atoms with Crippen LogP contribution in [0.1, 0.15) is 11.5 Å². The van der Waals surface area contributed by atoms with Gasteiger partial charge in [0.1, 0.15) is 17.7 Å². The number of rotatable bonds is 5. The van der Waals surface area contributed by atoms with Crippen molar-refractivity contribution in [1.29, 1.82) is 5.26 Å². The van der Waals surface area contributed by atoms with Crippen molar-refractivity contribution in [2.75, 3.05) is 11.9 Å². The molecular formula is C12H12N6O2. The molecule has 8 heteroatoms. The van der Waals surface area contributed by atoms with Crippen LogP contribution in [0.4, 0.5) is 11.5 Å². The van der Waals surface area contributed by atoms with E-state index in [1.807, 2.05) is 17.8 Å². The average Bonchev–Trinajstić information content (AvgIpc) is 2.84. The maximum Gasteiger partial charge on any atom is 0.305 e. The summed E-state index contributed by atoms with van der Waals surface area (Å²) in [6.07, 6.45) is 4.25. The molecule has 0 aliphatic carbocycles. The zero-order valence-corrected chi connectivity index (χ0v) is 10.8. The number of aryl methyl sites for hydroxylation is 1. The lowest BCUT2D eigenvalue weighted by Gasteiger charge is -2.06. The Morgan fingerprint density at radius 1 is 1.55 bits per heavy atom. The van der Waals surface area contributed by atoms with Gasteiger partial charge in [-0.2, -0.15) is 5.26 Å². The Morgan fingerprint density at radius 3 is 2.95 bits per heavy atom. The molecule has 0 fully saturated rings. The van der Waals surface area contributed by atoms with Gasteiger partial charge in [-0.15, -0.1) is 0 Å². The Hall–Kier alpha value is -2.95. The number of nitrogens with zero attached hydrogens (tertiary/aromatic N) is 5. The number of nitrogens with one attached hydrogen (secondary N) is 1. The van der Waals surface area contributed by atoms with Crippen molar-refractivity contribution in [3.8, 4) is 6.07 Å². The summed E-state index contributed by atoms with van der Waals surface area (Å²) in [6, 6.07) is 4.48. The van der Waals surface area contributed by atoms with Gasteiger partial charge in [-0.1, -0.05) is 0 Å². The molecule has 2 heterocycles. The first-order valence-corrected chi connectivity index (χ1v) is 5.87. The highest BCUT2D eigenvalue weighted by Gasteiger charge is 2.15. The van der Waals surface area contributed by atoms with Crippen molar-refractivity contribution in [2.45, 2.75) is 6.42 Å². The zero-order valence-electron chi connectivity index (χ0n) is 10.8. The van der Waals surface area contributed by atoms with Gasteiger partial charge in [-0.3, -0.25) is 10.1 Å². The Balaban J connectivity index is 2.02. The van der Waals surface area contributed by atoms with E-state index in [0.717, 1.165) is 5.82 Å². The van der Waals surface area contributed by atoms with E-state index in [4.69, 9.17) is 5.26 Å². The highest BCUT2D eigenvalue weighted by Crippen LogP contribution is 2.17. The lowest BCUT2D eigenvalue weighted by atomic mass is 10.3. The van der Waals surface area contributed by atoms with Gasteiger partial charge in [0.25, 0.3) is 0 Å². The van der Waals surface area contributed by atoms with Crippen LogP contribution >= 0.6 is 0 Å². The number of anilines is 1. The molecule has 2 rings (SSSR count). The SMILES string of the molecule is Cn1ccnc1CCNc1ccc([N+](=O)[O-])c(C#N)n1. The molecule has 0 radical (unpaired) electrons. The molecule has 0 spiro atoms. The second-order valence-corrected chi connectivity index (χ2v) is 4.06. The maximum atomic E-state index is 10.7. The van der Waals surface area contributed by atoms with Crippen LogP contribution in [0.5, 0.6) is 0 Å². The van der Waals surface area contributed by atoms with Gasteiger partial charge in [-0.25, -0.2) is 9.97 Å². The molecule has 2 aromatic heterocycles. The van der Waals surface area contributed by atoms with Gasteiger partial charge in [-0.05, 0) is 6.07 Å². The number of nitriles is 1. The second-order valence-electron chi connectivity index (χ2n) is 4.06. The number of pyridine rings is 1. The van der Waals surface area contributed by atoms with Crippen LogP contribution in [0.2, 0.25) is 0 Å². The summed E-state index contributed by atoms with van der Waals surface area (Å²) in [5, 5.41) is 22.5. The lowest BCUT2D eigenvalue weighted by Crippen LogP contribution is -2.10. The fourth-order valence-corrected chi connectivity index (χ4v) is 1.72. The summed E-state index contributed by atoms with van der Waals surface area (Å²) in [4.78, 5) is 18.2. The minimum atomic E-state index is -0.622. The molecule has 102 valence electrons. The van der Waals surface area contributed by atoms with E-state index in [-0.39, 0.29) is 11.4 Å². The van der Waals surface area contributed by atoms with Crippen LogP contribution in [-0.2, 0) is 13.5 Å². The van der Waals surface area contributed by atoms with Crippen LogP contribution in [0.25, 0.3) is 0 Å². The fraction of sp³-hybridized carbons (Fsp3) is 0.250. The van der Waals surface area contributed by atoms with Gasteiger partial charge >= 0.3 is 5.69 Å². The molecule has 1 N–H and O–H groups in total. The lowest BCUT2D eigenvalue weighted by molar-refractivity contribution is -0.385. The first-order valence-electron chi connectivity index (χ1n) is 5.87. The molecular weight excluding hydrogens is 260 g/mol. The Morgan fingerprint density at radius 2 is 2.35 bits per heavy atom. The topological polar surface area (TPSA) is 110 Å². The number of aromatic nitrogens is 3. The van der Waals surface area contributed by atoms with Crippen LogP contribution in [0.3, 0.4) is 0 Å². The molecule has 0 saturated carbocycles. The van der Waals surface area contributed by atoms with Crippen LogP contribution in [0, 0.1) is 21.4 Å². The molecule has 2 aromatic rings. The minimum absolute atomic E-state index is 0.197. The van der Waals surface area contributed by atoms with Crippen molar-refractivity contribution in [3.05, 3.63) is 46.2 Å². The Labute approximate surface area is 114 Å². The van der Waals surface area contributed by atoms with Crippen molar-refractivity contribution in [3.63, 3.8) is 0 Å².